The predicted octanol–water partition coefficient (Wildman–Crippen LogP) is 2.29. The van der Waals surface area contributed by atoms with E-state index in [4.69, 9.17) is 16.3 Å². The lowest BCUT2D eigenvalue weighted by Crippen LogP contribution is -2.30. The first-order valence-corrected chi connectivity index (χ1v) is 6.33. The second-order valence-corrected chi connectivity index (χ2v) is 4.59. The van der Waals surface area contributed by atoms with Crippen LogP contribution in [0.1, 0.15) is 13.8 Å². The molecular formula is C13H19ClN2O2. The molecule has 2 N–H and O–H groups in total. The molecule has 0 saturated heterocycles. The third-order valence-electron chi connectivity index (χ3n) is 2.14. The smallest absolute Gasteiger partial charge is 0.238 e. The summed E-state index contributed by atoms with van der Waals surface area (Å²) in [4.78, 5) is 11.5. The highest BCUT2D eigenvalue weighted by molar-refractivity contribution is 6.30. The number of carbonyl (C=O) groups is 1. The van der Waals surface area contributed by atoms with E-state index in [0.29, 0.717) is 18.2 Å². The van der Waals surface area contributed by atoms with Gasteiger partial charge in [0.25, 0.3) is 0 Å². The normalized spacial score (nSPS) is 10.7. The summed E-state index contributed by atoms with van der Waals surface area (Å²) in [6.07, 6.45) is 0.217. The van der Waals surface area contributed by atoms with Crippen molar-refractivity contribution in [2.24, 2.45) is 0 Å². The maximum atomic E-state index is 11.5. The van der Waals surface area contributed by atoms with Gasteiger partial charge in [-0.15, -0.1) is 0 Å². The van der Waals surface area contributed by atoms with Crippen LogP contribution in [0.3, 0.4) is 0 Å². The van der Waals surface area contributed by atoms with Gasteiger partial charge >= 0.3 is 0 Å². The molecule has 0 heterocycles. The number of benzene rings is 1. The van der Waals surface area contributed by atoms with Crippen molar-refractivity contribution >= 4 is 23.2 Å². The first-order valence-electron chi connectivity index (χ1n) is 5.95. The number of hydrogen-bond donors (Lipinski definition) is 2. The van der Waals surface area contributed by atoms with Crippen molar-refractivity contribution in [2.75, 3.05) is 25.0 Å². The molecule has 100 valence electrons. The Balaban J connectivity index is 2.16. The Morgan fingerprint density at radius 3 is 2.61 bits per heavy atom. The van der Waals surface area contributed by atoms with E-state index in [0.717, 1.165) is 5.69 Å². The minimum Gasteiger partial charge on any atom is -0.377 e. The van der Waals surface area contributed by atoms with E-state index in [1.165, 1.54) is 0 Å². The highest BCUT2D eigenvalue weighted by Gasteiger charge is 2.01. The van der Waals surface area contributed by atoms with Crippen LogP contribution in [0, 0.1) is 0 Å². The van der Waals surface area contributed by atoms with Gasteiger partial charge in [-0.3, -0.25) is 4.79 Å². The molecule has 1 amide bonds. The molecular weight excluding hydrogens is 252 g/mol. The molecule has 0 atom stereocenters. The van der Waals surface area contributed by atoms with Crippen LogP contribution < -0.4 is 10.6 Å². The van der Waals surface area contributed by atoms with E-state index in [-0.39, 0.29) is 18.6 Å². The number of hydrogen-bond acceptors (Lipinski definition) is 3. The lowest BCUT2D eigenvalue weighted by atomic mass is 10.3. The van der Waals surface area contributed by atoms with Crippen LogP contribution in [0.2, 0.25) is 5.02 Å². The highest BCUT2D eigenvalue weighted by Crippen LogP contribution is 2.12. The van der Waals surface area contributed by atoms with Crippen LogP contribution in [0.4, 0.5) is 5.69 Å². The third-order valence-corrected chi connectivity index (χ3v) is 2.40. The van der Waals surface area contributed by atoms with Gasteiger partial charge in [0.1, 0.15) is 0 Å². The molecule has 0 aliphatic carbocycles. The van der Waals surface area contributed by atoms with Crippen LogP contribution in [-0.4, -0.2) is 31.7 Å². The fourth-order valence-electron chi connectivity index (χ4n) is 1.31. The molecule has 0 aliphatic rings. The second kappa shape index (κ2) is 8.08. The van der Waals surface area contributed by atoms with Crippen LogP contribution in [0.25, 0.3) is 0 Å². The first-order chi connectivity index (χ1) is 8.58. The zero-order valence-corrected chi connectivity index (χ0v) is 11.5. The number of carbonyl (C=O) groups excluding carboxylic acids is 1. The summed E-state index contributed by atoms with van der Waals surface area (Å²) in [7, 11) is 0. The maximum absolute atomic E-state index is 11.5. The Bertz CT molecular complexity index is 366. The summed E-state index contributed by atoms with van der Waals surface area (Å²) in [6, 6.07) is 7.01. The molecule has 0 fully saturated rings. The van der Waals surface area contributed by atoms with Crippen molar-refractivity contribution in [1.29, 1.82) is 0 Å². The lowest BCUT2D eigenvalue weighted by Gasteiger charge is -2.09. The van der Waals surface area contributed by atoms with E-state index < -0.39 is 0 Å². The van der Waals surface area contributed by atoms with Crippen molar-refractivity contribution in [3.63, 3.8) is 0 Å². The third kappa shape index (κ3) is 6.59. The van der Waals surface area contributed by atoms with E-state index >= 15 is 0 Å². The Labute approximate surface area is 113 Å². The molecule has 0 radical (unpaired) electrons. The van der Waals surface area contributed by atoms with Gasteiger partial charge in [0, 0.05) is 17.3 Å². The van der Waals surface area contributed by atoms with Gasteiger partial charge in [-0.2, -0.15) is 0 Å². The lowest BCUT2D eigenvalue weighted by molar-refractivity contribution is -0.115. The average molecular weight is 271 g/mol. The Morgan fingerprint density at radius 2 is 2.00 bits per heavy atom. The van der Waals surface area contributed by atoms with Crippen molar-refractivity contribution in [2.45, 2.75) is 20.0 Å². The molecule has 0 bridgehead atoms. The summed E-state index contributed by atoms with van der Waals surface area (Å²) in [5.74, 6) is -0.0816. The summed E-state index contributed by atoms with van der Waals surface area (Å²) >= 11 is 5.75. The summed E-state index contributed by atoms with van der Waals surface area (Å²) in [6.45, 7) is 5.49. The molecule has 1 rings (SSSR count). The van der Waals surface area contributed by atoms with Crippen molar-refractivity contribution in [3.05, 3.63) is 29.3 Å². The quantitative estimate of drug-likeness (QED) is 0.748. The fourth-order valence-corrected chi connectivity index (χ4v) is 1.43. The molecule has 1 aromatic rings. The molecule has 0 unspecified atom stereocenters. The number of nitrogens with one attached hydrogen (secondary N) is 2. The SMILES string of the molecule is CC(C)OCCNCC(=O)Nc1ccc(Cl)cc1. The van der Waals surface area contributed by atoms with E-state index in [1.807, 2.05) is 13.8 Å². The zero-order valence-electron chi connectivity index (χ0n) is 10.7. The van der Waals surface area contributed by atoms with E-state index in [9.17, 15) is 4.79 Å². The molecule has 4 nitrogen and oxygen atoms in total. The summed E-state index contributed by atoms with van der Waals surface area (Å²) in [5.41, 5.74) is 0.740. The predicted molar refractivity (Wildman–Crippen MR) is 74.0 cm³/mol. The maximum Gasteiger partial charge on any atom is 0.238 e. The minimum atomic E-state index is -0.0816. The summed E-state index contributed by atoms with van der Waals surface area (Å²) in [5, 5.41) is 6.43. The molecule has 0 saturated carbocycles. The van der Waals surface area contributed by atoms with Crippen LogP contribution in [0.5, 0.6) is 0 Å². The second-order valence-electron chi connectivity index (χ2n) is 4.15. The standard InChI is InChI=1S/C13H19ClN2O2/c1-10(2)18-8-7-15-9-13(17)16-12-5-3-11(14)4-6-12/h3-6,10,15H,7-9H2,1-2H3,(H,16,17). The first kappa shape index (κ1) is 15.0. The Hall–Kier alpha value is -1.10. The van der Waals surface area contributed by atoms with Gasteiger partial charge in [-0.05, 0) is 38.1 Å². The van der Waals surface area contributed by atoms with E-state index in [1.54, 1.807) is 24.3 Å². The molecule has 18 heavy (non-hydrogen) atoms. The summed E-state index contributed by atoms with van der Waals surface area (Å²) < 4.78 is 5.35. The number of halogens is 1. The highest BCUT2D eigenvalue weighted by atomic mass is 35.5. The van der Waals surface area contributed by atoms with Crippen LogP contribution in [-0.2, 0) is 9.53 Å². The van der Waals surface area contributed by atoms with Gasteiger partial charge < -0.3 is 15.4 Å². The molecule has 1 aromatic carbocycles. The van der Waals surface area contributed by atoms with Crippen LogP contribution in [0.15, 0.2) is 24.3 Å². The molecule has 0 aliphatic heterocycles. The number of amides is 1. The van der Waals surface area contributed by atoms with Crippen molar-refractivity contribution in [1.82, 2.24) is 5.32 Å². The number of ether oxygens (including phenoxy) is 1. The molecule has 5 heteroatoms. The fraction of sp³-hybridized carbons (Fsp3) is 0.462. The van der Waals surface area contributed by atoms with Gasteiger partial charge in [0.2, 0.25) is 5.91 Å². The van der Waals surface area contributed by atoms with Crippen molar-refractivity contribution in [3.8, 4) is 0 Å². The number of rotatable bonds is 7. The van der Waals surface area contributed by atoms with Gasteiger partial charge in [-0.25, -0.2) is 0 Å². The number of anilines is 1. The average Bonchev–Trinajstić information content (AvgIpc) is 2.31. The van der Waals surface area contributed by atoms with Gasteiger partial charge in [-0.1, -0.05) is 11.6 Å². The van der Waals surface area contributed by atoms with Crippen LogP contribution >= 0.6 is 11.6 Å². The van der Waals surface area contributed by atoms with Crippen molar-refractivity contribution < 1.29 is 9.53 Å². The minimum absolute atomic E-state index is 0.0816. The Morgan fingerprint density at radius 1 is 1.33 bits per heavy atom. The zero-order chi connectivity index (χ0) is 13.4. The monoisotopic (exact) mass is 270 g/mol. The Kier molecular flexibility index (Phi) is 6.72. The van der Waals surface area contributed by atoms with E-state index in [2.05, 4.69) is 10.6 Å². The topological polar surface area (TPSA) is 50.4 Å². The molecule has 0 aromatic heterocycles. The van der Waals surface area contributed by atoms with Gasteiger partial charge in [0.15, 0.2) is 0 Å². The largest absolute Gasteiger partial charge is 0.377 e. The van der Waals surface area contributed by atoms with Gasteiger partial charge in [0.05, 0.1) is 19.3 Å². The molecule has 0 spiro atoms.